The number of imide groups is 2. The predicted octanol–water partition coefficient (Wildman–Crippen LogP) is 1.37. The van der Waals surface area contributed by atoms with Crippen molar-refractivity contribution in [3.8, 4) is 0 Å². The summed E-state index contributed by atoms with van der Waals surface area (Å²) >= 11 is 7.63. The molecule has 2 aromatic carbocycles. The van der Waals surface area contributed by atoms with Gasteiger partial charge in [0, 0.05) is 22.6 Å². The number of cyclic esters (lactones) is 2. The Kier molecular flexibility index (Phi) is 11.4. The summed E-state index contributed by atoms with van der Waals surface area (Å²) in [6.45, 7) is 0.130. The summed E-state index contributed by atoms with van der Waals surface area (Å²) in [5.74, 6) is 0.121. The Balaban J connectivity index is 0.000000171. The van der Waals surface area contributed by atoms with Crippen molar-refractivity contribution < 1.29 is 89.6 Å². The van der Waals surface area contributed by atoms with Crippen molar-refractivity contribution in [2.45, 2.75) is 12.2 Å². The molecule has 10 nitrogen and oxygen atoms in total. The zero-order valence-electron chi connectivity index (χ0n) is 20.0. The van der Waals surface area contributed by atoms with Gasteiger partial charge in [0.15, 0.2) is 0 Å². The van der Waals surface area contributed by atoms with Gasteiger partial charge in [0.1, 0.15) is 12.2 Å². The fourth-order valence-corrected chi connectivity index (χ4v) is 5.29. The molecule has 2 unspecified atom stereocenters. The van der Waals surface area contributed by atoms with Crippen LogP contribution in [0.25, 0.3) is 5.32 Å². The molecule has 14 heteroatoms. The van der Waals surface area contributed by atoms with Gasteiger partial charge in [-0.3, -0.25) is 14.5 Å². The minimum absolute atomic E-state index is 0. The minimum Gasteiger partial charge on any atom is -0.587 e. The fraction of sp³-hybridized carbons (Fsp3) is 0.250. The topological polar surface area (TPSA) is 138 Å². The zero-order valence-corrected chi connectivity index (χ0v) is 25.5. The van der Waals surface area contributed by atoms with Crippen LogP contribution >= 0.6 is 35.1 Å². The van der Waals surface area contributed by atoms with Crippen LogP contribution < -0.4 is 51.4 Å². The van der Waals surface area contributed by atoms with Gasteiger partial charge in [0.05, 0.1) is 35.4 Å². The van der Waals surface area contributed by atoms with E-state index in [0.717, 1.165) is 16.7 Å². The number of fused-ring (bicyclic) bond motifs is 2. The molecule has 0 aliphatic carbocycles. The molecule has 2 fully saturated rings. The Labute approximate surface area is 273 Å². The number of amides is 4. The normalized spacial score (nSPS) is 20.7. The number of carbonyl (C=O) groups is 6. The molecule has 2 aromatic rings. The maximum Gasteiger partial charge on any atom is 1.00 e. The second kappa shape index (κ2) is 14.1. The van der Waals surface area contributed by atoms with Crippen molar-refractivity contribution in [1.29, 1.82) is 0 Å². The number of halogens is 1. The largest absolute Gasteiger partial charge is 1.00 e. The molecule has 4 heterocycles. The number of hydrogen-bond acceptors (Lipinski definition) is 10. The SMILES string of the molecule is O=C1OC(CCl)CS1.O=C1OC(CN2C(=O)c3ccccc3C2=O)CS1.O=C1[N-]C(=O)c2ccccc21.[K+]. The third-order valence-corrected chi connectivity index (χ3v) is 7.41. The number of hydrogen-bond donors (Lipinski definition) is 0. The molecule has 0 radical (unpaired) electrons. The smallest absolute Gasteiger partial charge is 0.587 e. The van der Waals surface area contributed by atoms with Crippen LogP contribution in [-0.4, -0.2) is 75.3 Å². The maximum atomic E-state index is 12.0. The Morgan fingerprint density at radius 2 is 1.16 bits per heavy atom. The minimum atomic E-state index is -0.425. The molecule has 6 rings (SSSR count). The second-order valence-corrected chi connectivity index (χ2v) is 10.0. The maximum absolute atomic E-state index is 12.0. The number of alkyl halides is 1. The van der Waals surface area contributed by atoms with Gasteiger partial charge in [0.25, 0.3) is 11.8 Å². The third kappa shape index (κ3) is 7.27. The van der Waals surface area contributed by atoms with Gasteiger partial charge in [-0.25, -0.2) is 9.59 Å². The van der Waals surface area contributed by atoms with E-state index in [9.17, 15) is 28.8 Å². The van der Waals surface area contributed by atoms with Crippen LogP contribution in [-0.2, 0) is 9.47 Å². The van der Waals surface area contributed by atoms with Crippen molar-refractivity contribution >= 4 is 69.4 Å². The van der Waals surface area contributed by atoms with Crippen LogP contribution in [0.15, 0.2) is 48.5 Å². The van der Waals surface area contributed by atoms with Gasteiger partial charge >= 0.3 is 62.0 Å². The van der Waals surface area contributed by atoms with Crippen LogP contribution in [0, 0.1) is 0 Å². The van der Waals surface area contributed by atoms with Crippen LogP contribution in [0.4, 0.5) is 9.59 Å². The monoisotopic (exact) mass is 600 g/mol. The van der Waals surface area contributed by atoms with Gasteiger partial charge in [-0.15, -0.1) is 11.6 Å². The van der Waals surface area contributed by atoms with E-state index in [1.165, 1.54) is 11.8 Å². The average Bonchev–Trinajstić information content (AvgIpc) is 3.65. The molecule has 2 atom stereocenters. The first-order valence-electron chi connectivity index (χ1n) is 10.9. The van der Waals surface area contributed by atoms with Crippen LogP contribution in [0.1, 0.15) is 41.4 Å². The van der Waals surface area contributed by atoms with Gasteiger partial charge in [0.2, 0.25) is 0 Å². The van der Waals surface area contributed by atoms with Gasteiger partial charge in [-0.1, -0.05) is 36.4 Å². The summed E-state index contributed by atoms with van der Waals surface area (Å²) in [5.41, 5.74) is 1.66. The first kappa shape index (κ1) is 30.8. The number of benzene rings is 2. The first-order valence-corrected chi connectivity index (χ1v) is 13.4. The molecule has 38 heavy (non-hydrogen) atoms. The Hall–Kier alpha value is -1.71. The molecule has 0 saturated carbocycles. The molecule has 192 valence electrons. The van der Waals surface area contributed by atoms with Crippen molar-refractivity contribution in [3.05, 3.63) is 76.1 Å². The number of carbonyl (C=O) groups excluding carboxylic acids is 6. The van der Waals surface area contributed by atoms with Crippen molar-refractivity contribution in [2.75, 3.05) is 23.9 Å². The second-order valence-electron chi connectivity index (χ2n) is 7.79. The molecule has 0 spiro atoms. The molecular weight excluding hydrogens is 583 g/mol. The summed E-state index contributed by atoms with van der Waals surface area (Å²) in [5, 5.41) is 2.73. The molecular formula is C24H18ClKN2O8S2. The van der Waals surface area contributed by atoms with Crippen molar-refractivity contribution in [2.24, 2.45) is 0 Å². The summed E-state index contributed by atoms with van der Waals surface area (Å²) < 4.78 is 9.70. The summed E-state index contributed by atoms with van der Waals surface area (Å²) in [6.07, 6.45) is -0.445. The molecule has 0 bridgehead atoms. The predicted molar refractivity (Wildman–Crippen MR) is 136 cm³/mol. The van der Waals surface area contributed by atoms with Gasteiger partial charge in [-0.05, 0) is 35.7 Å². The summed E-state index contributed by atoms with van der Waals surface area (Å²) in [6, 6.07) is 13.3. The van der Waals surface area contributed by atoms with E-state index in [4.69, 9.17) is 21.1 Å². The van der Waals surface area contributed by atoms with E-state index < -0.39 is 17.9 Å². The first-order chi connectivity index (χ1) is 17.8. The summed E-state index contributed by atoms with van der Waals surface area (Å²) in [4.78, 5) is 68.2. The Bertz CT molecular complexity index is 1230. The van der Waals surface area contributed by atoms with Crippen LogP contribution in [0.5, 0.6) is 0 Å². The standard InChI is InChI=1S/C12H9NO4S.C8H5NO2.C4H5ClO2S.K/c14-10-8-3-1-2-4-9(8)11(15)13(10)5-7-6-18-12(16)17-7;10-7-5-3-1-2-4-6(5)8(11)9-7;5-1-3-2-8-4(6)7-3;/h1-4,7H,5-6H2;1-4H,(H,9,10,11);3H,1-2H2;/q;;;+1/p-1. The van der Waals surface area contributed by atoms with Gasteiger partial charge < -0.3 is 24.4 Å². The molecule has 4 amide bonds. The van der Waals surface area contributed by atoms with E-state index >= 15 is 0 Å². The Morgan fingerprint density at radius 3 is 1.53 bits per heavy atom. The van der Waals surface area contributed by atoms with Crippen LogP contribution in [0.2, 0.25) is 0 Å². The van der Waals surface area contributed by atoms with Crippen molar-refractivity contribution in [3.63, 3.8) is 0 Å². The Morgan fingerprint density at radius 1 is 0.737 bits per heavy atom. The molecule has 4 aliphatic rings. The molecule has 2 saturated heterocycles. The summed E-state index contributed by atoms with van der Waals surface area (Å²) in [7, 11) is 0. The number of thioether (sulfide) groups is 2. The fourth-order valence-electron chi connectivity index (χ4n) is 3.57. The third-order valence-electron chi connectivity index (χ3n) is 5.33. The van der Waals surface area contributed by atoms with Crippen LogP contribution in [0.3, 0.4) is 0 Å². The molecule has 4 aliphatic heterocycles. The van der Waals surface area contributed by atoms with E-state index in [2.05, 4.69) is 5.32 Å². The van der Waals surface area contributed by atoms with Gasteiger partial charge in [-0.2, -0.15) is 0 Å². The zero-order chi connectivity index (χ0) is 26.5. The van der Waals surface area contributed by atoms with E-state index in [1.54, 1.807) is 48.5 Å². The quantitative estimate of drug-likeness (QED) is 0.220. The van der Waals surface area contributed by atoms with E-state index in [1.807, 2.05) is 0 Å². The number of rotatable bonds is 3. The average molecular weight is 601 g/mol. The molecule has 0 aromatic heterocycles. The number of nitrogens with zero attached hydrogens (tertiary/aromatic N) is 2. The molecule has 0 N–H and O–H groups in total. The van der Waals surface area contributed by atoms with E-state index in [0.29, 0.717) is 39.6 Å². The number of ether oxygens (including phenoxy) is 2. The van der Waals surface area contributed by atoms with Crippen molar-refractivity contribution in [1.82, 2.24) is 4.90 Å². The van der Waals surface area contributed by atoms with E-state index in [-0.39, 0.29) is 86.5 Å².